The lowest BCUT2D eigenvalue weighted by atomic mass is 9.92. The van der Waals surface area contributed by atoms with Crippen molar-refractivity contribution in [3.63, 3.8) is 0 Å². The molecule has 0 radical (unpaired) electrons. The minimum absolute atomic E-state index is 0.0108. The Morgan fingerprint density at radius 1 is 1.21 bits per heavy atom. The van der Waals surface area contributed by atoms with Crippen LogP contribution in [0.5, 0.6) is 5.75 Å². The molecule has 1 N–H and O–H groups in total. The zero-order valence-corrected chi connectivity index (χ0v) is 18.2. The average Bonchev–Trinajstić information content (AvgIpc) is 3.14. The topological polar surface area (TPSA) is 67.6 Å². The molecule has 6 heteroatoms. The van der Waals surface area contributed by atoms with Gasteiger partial charge in [-0.2, -0.15) is 5.10 Å². The van der Waals surface area contributed by atoms with E-state index in [0.29, 0.717) is 38.2 Å². The maximum Gasteiger partial charge on any atom is 0.272 e. The van der Waals surface area contributed by atoms with E-state index in [2.05, 4.69) is 25.9 Å². The summed E-state index contributed by atoms with van der Waals surface area (Å²) in [6.07, 6.45) is 1.00. The predicted molar refractivity (Wildman–Crippen MR) is 113 cm³/mol. The molecule has 0 spiro atoms. The van der Waals surface area contributed by atoms with Crippen LogP contribution in [-0.4, -0.2) is 51.0 Å². The molecule has 1 aromatic carbocycles. The molecule has 0 bridgehead atoms. The summed E-state index contributed by atoms with van der Waals surface area (Å²) in [7, 11) is 0. The van der Waals surface area contributed by atoms with Gasteiger partial charge in [-0.25, -0.2) is 0 Å². The summed E-state index contributed by atoms with van der Waals surface area (Å²) in [6, 6.07) is 7.86. The average molecular weight is 400 g/mol. The standard InChI is InChI=1S/C23H33N3O3/c1-6-26-21(14-20(24-26)16(2)3)22(27)25-11-9-23(28,10-12-25)15-29-19-8-7-17(4)18(5)13-19/h7-8,13-14,16,28H,6,9-12,15H2,1-5H3. The maximum absolute atomic E-state index is 13.0. The van der Waals surface area contributed by atoms with E-state index in [9.17, 15) is 9.90 Å². The molecule has 1 amide bonds. The van der Waals surface area contributed by atoms with Crippen LogP contribution in [0.1, 0.15) is 66.8 Å². The number of aliphatic hydroxyl groups is 1. The number of aryl methyl sites for hydroxylation is 3. The summed E-state index contributed by atoms with van der Waals surface area (Å²) in [5.41, 5.74) is 3.04. The smallest absolute Gasteiger partial charge is 0.272 e. The minimum Gasteiger partial charge on any atom is -0.491 e. The van der Waals surface area contributed by atoms with Crippen LogP contribution < -0.4 is 4.74 Å². The molecule has 3 rings (SSSR count). The van der Waals surface area contributed by atoms with Crippen molar-refractivity contribution in [2.75, 3.05) is 19.7 Å². The number of hydrogen-bond donors (Lipinski definition) is 1. The Balaban J connectivity index is 1.60. The zero-order valence-electron chi connectivity index (χ0n) is 18.2. The van der Waals surface area contributed by atoms with E-state index in [1.807, 2.05) is 43.0 Å². The Morgan fingerprint density at radius 2 is 1.90 bits per heavy atom. The van der Waals surface area contributed by atoms with Gasteiger partial charge < -0.3 is 14.7 Å². The van der Waals surface area contributed by atoms with E-state index in [-0.39, 0.29) is 18.4 Å². The van der Waals surface area contributed by atoms with Crippen molar-refractivity contribution in [3.8, 4) is 5.75 Å². The zero-order chi connectivity index (χ0) is 21.2. The quantitative estimate of drug-likeness (QED) is 0.804. The van der Waals surface area contributed by atoms with Crippen molar-refractivity contribution in [2.45, 2.75) is 65.5 Å². The van der Waals surface area contributed by atoms with Crippen molar-refractivity contribution in [3.05, 3.63) is 46.8 Å². The third-order valence-electron chi connectivity index (χ3n) is 5.88. The van der Waals surface area contributed by atoms with Gasteiger partial charge in [0.05, 0.1) is 5.69 Å². The molecule has 1 fully saturated rings. The summed E-state index contributed by atoms with van der Waals surface area (Å²) in [6.45, 7) is 12.2. The first kappa shape index (κ1) is 21.4. The van der Waals surface area contributed by atoms with Gasteiger partial charge >= 0.3 is 0 Å². The summed E-state index contributed by atoms with van der Waals surface area (Å²) in [5, 5.41) is 15.5. The normalized spacial score (nSPS) is 16.3. The number of benzene rings is 1. The van der Waals surface area contributed by atoms with Crippen LogP contribution >= 0.6 is 0 Å². The van der Waals surface area contributed by atoms with E-state index in [0.717, 1.165) is 11.4 Å². The highest BCUT2D eigenvalue weighted by molar-refractivity contribution is 5.92. The highest BCUT2D eigenvalue weighted by Crippen LogP contribution is 2.26. The number of aromatic nitrogens is 2. The number of carbonyl (C=O) groups is 1. The second-order valence-electron chi connectivity index (χ2n) is 8.48. The number of piperidine rings is 1. The van der Waals surface area contributed by atoms with Crippen molar-refractivity contribution in [2.24, 2.45) is 0 Å². The highest BCUT2D eigenvalue weighted by Gasteiger charge is 2.35. The Bertz CT molecular complexity index is 864. The maximum atomic E-state index is 13.0. The Labute approximate surface area is 173 Å². The SMILES string of the molecule is CCn1nc(C(C)C)cc1C(=O)N1CCC(O)(COc2ccc(C)c(C)c2)CC1. The molecule has 0 aliphatic carbocycles. The molecule has 158 valence electrons. The summed E-state index contributed by atoms with van der Waals surface area (Å²) < 4.78 is 7.64. The van der Waals surface area contributed by atoms with Crippen molar-refractivity contribution in [1.29, 1.82) is 0 Å². The van der Waals surface area contributed by atoms with Gasteiger partial charge in [0.15, 0.2) is 0 Å². The number of amides is 1. The molecule has 1 aliphatic heterocycles. The van der Waals surface area contributed by atoms with Crippen LogP contribution in [0.4, 0.5) is 0 Å². The van der Waals surface area contributed by atoms with Gasteiger partial charge in [0.1, 0.15) is 23.7 Å². The fourth-order valence-electron chi connectivity index (χ4n) is 3.59. The number of hydrogen-bond acceptors (Lipinski definition) is 4. The number of ether oxygens (including phenoxy) is 1. The monoisotopic (exact) mass is 399 g/mol. The summed E-state index contributed by atoms with van der Waals surface area (Å²) >= 11 is 0. The molecule has 0 saturated carbocycles. The first-order valence-corrected chi connectivity index (χ1v) is 10.5. The molecule has 2 aromatic rings. The molecule has 2 heterocycles. The highest BCUT2D eigenvalue weighted by atomic mass is 16.5. The third kappa shape index (κ3) is 4.81. The molecule has 29 heavy (non-hydrogen) atoms. The lowest BCUT2D eigenvalue weighted by Gasteiger charge is -2.37. The molecular formula is C23H33N3O3. The largest absolute Gasteiger partial charge is 0.491 e. The van der Waals surface area contributed by atoms with Crippen molar-refractivity contribution >= 4 is 5.91 Å². The van der Waals surface area contributed by atoms with E-state index in [1.54, 1.807) is 4.68 Å². The van der Waals surface area contributed by atoms with Crippen molar-refractivity contribution in [1.82, 2.24) is 14.7 Å². The molecule has 1 aliphatic rings. The Kier molecular flexibility index (Phi) is 6.32. The van der Waals surface area contributed by atoms with E-state index in [1.165, 1.54) is 11.1 Å². The molecule has 0 unspecified atom stereocenters. The van der Waals surface area contributed by atoms with Gasteiger partial charge in [-0.05, 0) is 68.9 Å². The van der Waals surface area contributed by atoms with Crippen LogP contribution in [0, 0.1) is 13.8 Å². The van der Waals surface area contributed by atoms with Crippen LogP contribution in [0.3, 0.4) is 0 Å². The van der Waals surface area contributed by atoms with Gasteiger partial charge in [-0.3, -0.25) is 9.48 Å². The molecular weight excluding hydrogens is 366 g/mol. The summed E-state index contributed by atoms with van der Waals surface area (Å²) in [5.74, 6) is 1.04. The second-order valence-corrected chi connectivity index (χ2v) is 8.48. The summed E-state index contributed by atoms with van der Waals surface area (Å²) in [4.78, 5) is 14.8. The number of rotatable bonds is 6. The van der Waals surface area contributed by atoms with Crippen molar-refractivity contribution < 1.29 is 14.6 Å². The molecule has 1 aromatic heterocycles. The fraction of sp³-hybridized carbons (Fsp3) is 0.565. The molecule has 6 nitrogen and oxygen atoms in total. The van der Waals surface area contributed by atoms with Gasteiger partial charge in [0, 0.05) is 19.6 Å². The Morgan fingerprint density at radius 3 is 2.48 bits per heavy atom. The lowest BCUT2D eigenvalue weighted by molar-refractivity contribution is -0.0477. The number of carbonyl (C=O) groups excluding carboxylic acids is 1. The van der Waals surface area contributed by atoms with E-state index >= 15 is 0 Å². The van der Waals surface area contributed by atoms with E-state index in [4.69, 9.17) is 4.74 Å². The first-order chi connectivity index (χ1) is 13.7. The predicted octanol–water partition coefficient (Wildman–Crippen LogP) is 3.69. The second kappa shape index (κ2) is 8.57. The van der Waals surface area contributed by atoms with Gasteiger partial charge in [-0.15, -0.1) is 0 Å². The fourth-order valence-corrected chi connectivity index (χ4v) is 3.59. The lowest BCUT2D eigenvalue weighted by Crippen LogP contribution is -2.49. The molecule has 0 atom stereocenters. The van der Waals surface area contributed by atoms with Crippen LogP contribution in [-0.2, 0) is 6.54 Å². The minimum atomic E-state index is -0.913. The Hall–Kier alpha value is -2.34. The molecule has 1 saturated heterocycles. The van der Waals surface area contributed by atoms with Gasteiger partial charge in [0.2, 0.25) is 0 Å². The van der Waals surface area contributed by atoms with Crippen LogP contribution in [0.25, 0.3) is 0 Å². The van der Waals surface area contributed by atoms with Gasteiger partial charge in [-0.1, -0.05) is 19.9 Å². The van der Waals surface area contributed by atoms with Crippen LogP contribution in [0.15, 0.2) is 24.3 Å². The van der Waals surface area contributed by atoms with Crippen LogP contribution in [0.2, 0.25) is 0 Å². The number of likely N-dealkylation sites (tertiary alicyclic amines) is 1. The third-order valence-corrected chi connectivity index (χ3v) is 5.88. The van der Waals surface area contributed by atoms with Gasteiger partial charge in [0.25, 0.3) is 5.91 Å². The van der Waals surface area contributed by atoms with E-state index < -0.39 is 5.60 Å². The first-order valence-electron chi connectivity index (χ1n) is 10.5. The number of nitrogens with zero attached hydrogens (tertiary/aromatic N) is 3.